The SMILES string of the molecule is COc1ccccc1NS(=O)(=O)c1ccc(C(=O)NC2CCN(C(=O)C3CC3)CC2)cc1. The van der Waals surface area contributed by atoms with Crippen molar-refractivity contribution in [3.63, 3.8) is 0 Å². The number of carbonyl (C=O) groups is 2. The number of rotatable bonds is 7. The van der Waals surface area contributed by atoms with E-state index in [0.29, 0.717) is 30.1 Å². The Morgan fingerprint density at radius 1 is 0.969 bits per heavy atom. The summed E-state index contributed by atoms with van der Waals surface area (Å²) in [6, 6.07) is 12.5. The third-order valence-electron chi connectivity index (χ3n) is 5.85. The molecule has 1 aliphatic carbocycles. The molecule has 4 rings (SSSR count). The second kappa shape index (κ2) is 9.20. The number of amides is 2. The number of nitrogens with one attached hydrogen (secondary N) is 2. The van der Waals surface area contributed by atoms with Gasteiger partial charge in [-0.2, -0.15) is 0 Å². The predicted molar refractivity (Wildman–Crippen MR) is 120 cm³/mol. The van der Waals surface area contributed by atoms with Crippen LogP contribution in [0.2, 0.25) is 0 Å². The average molecular weight is 458 g/mol. The standard InChI is InChI=1S/C23H27N3O5S/c1-31-21-5-3-2-4-20(21)25-32(29,30)19-10-8-16(9-11-19)22(27)24-18-12-14-26(15-13-18)23(28)17-6-7-17/h2-5,8-11,17-18,25H,6-7,12-15H2,1H3,(H,24,27). The van der Waals surface area contributed by atoms with E-state index < -0.39 is 10.0 Å². The Kier molecular flexibility index (Phi) is 6.36. The Bertz CT molecular complexity index is 1090. The van der Waals surface area contributed by atoms with Crippen molar-refractivity contribution in [2.24, 2.45) is 5.92 Å². The second-order valence-electron chi connectivity index (χ2n) is 8.18. The highest BCUT2D eigenvalue weighted by atomic mass is 32.2. The molecule has 1 saturated carbocycles. The molecule has 2 aromatic rings. The molecule has 2 N–H and O–H groups in total. The van der Waals surface area contributed by atoms with Crippen LogP contribution in [-0.4, -0.2) is 51.4 Å². The van der Waals surface area contributed by atoms with Crippen LogP contribution in [0.5, 0.6) is 5.75 Å². The Balaban J connectivity index is 1.34. The van der Waals surface area contributed by atoms with Gasteiger partial charge < -0.3 is 15.0 Å². The van der Waals surface area contributed by atoms with E-state index in [0.717, 1.165) is 25.7 Å². The summed E-state index contributed by atoms with van der Waals surface area (Å²) in [7, 11) is -2.36. The van der Waals surface area contributed by atoms with Crippen LogP contribution in [0.3, 0.4) is 0 Å². The molecular formula is C23H27N3O5S. The topological polar surface area (TPSA) is 105 Å². The first-order valence-electron chi connectivity index (χ1n) is 10.7. The predicted octanol–water partition coefficient (Wildman–Crippen LogP) is 2.63. The largest absolute Gasteiger partial charge is 0.495 e. The number of anilines is 1. The summed E-state index contributed by atoms with van der Waals surface area (Å²) in [5.41, 5.74) is 0.723. The van der Waals surface area contributed by atoms with Crippen molar-refractivity contribution in [1.82, 2.24) is 10.2 Å². The zero-order valence-corrected chi connectivity index (χ0v) is 18.7. The van der Waals surface area contributed by atoms with Gasteiger partial charge in [-0.1, -0.05) is 12.1 Å². The highest BCUT2D eigenvalue weighted by molar-refractivity contribution is 7.92. The van der Waals surface area contributed by atoms with Crippen molar-refractivity contribution in [2.45, 2.75) is 36.6 Å². The lowest BCUT2D eigenvalue weighted by atomic mass is 10.0. The summed E-state index contributed by atoms with van der Waals surface area (Å²) in [5, 5.41) is 2.99. The smallest absolute Gasteiger partial charge is 0.262 e. The van der Waals surface area contributed by atoms with Gasteiger partial charge in [0.25, 0.3) is 15.9 Å². The van der Waals surface area contributed by atoms with Gasteiger partial charge in [0.2, 0.25) is 5.91 Å². The van der Waals surface area contributed by atoms with Gasteiger partial charge in [-0.25, -0.2) is 8.42 Å². The molecule has 32 heavy (non-hydrogen) atoms. The summed E-state index contributed by atoms with van der Waals surface area (Å²) < 4.78 is 33.1. The summed E-state index contributed by atoms with van der Waals surface area (Å²) in [4.78, 5) is 26.7. The maximum Gasteiger partial charge on any atom is 0.262 e. The number of para-hydroxylation sites is 2. The number of likely N-dealkylation sites (tertiary alicyclic amines) is 1. The van der Waals surface area contributed by atoms with Gasteiger partial charge in [-0.05, 0) is 62.1 Å². The van der Waals surface area contributed by atoms with Crippen molar-refractivity contribution >= 4 is 27.5 Å². The number of sulfonamides is 1. The molecule has 8 nitrogen and oxygen atoms in total. The number of hydrogen-bond donors (Lipinski definition) is 2. The van der Waals surface area contributed by atoms with Crippen LogP contribution in [0, 0.1) is 5.92 Å². The lowest BCUT2D eigenvalue weighted by Crippen LogP contribution is -2.47. The fourth-order valence-corrected chi connectivity index (χ4v) is 4.89. The van der Waals surface area contributed by atoms with Gasteiger partial charge in [-0.3, -0.25) is 14.3 Å². The minimum atomic E-state index is -3.83. The van der Waals surface area contributed by atoms with Crippen molar-refractivity contribution in [3.8, 4) is 5.75 Å². The highest BCUT2D eigenvalue weighted by Gasteiger charge is 2.35. The molecule has 2 aliphatic rings. The highest BCUT2D eigenvalue weighted by Crippen LogP contribution is 2.32. The van der Waals surface area contributed by atoms with E-state index >= 15 is 0 Å². The van der Waals surface area contributed by atoms with Crippen LogP contribution >= 0.6 is 0 Å². The molecule has 0 bridgehead atoms. The molecule has 170 valence electrons. The molecule has 2 fully saturated rings. The summed E-state index contributed by atoms with van der Waals surface area (Å²) in [6.07, 6.45) is 3.43. The molecule has 2 amide bonds. The van der Waals surface area contributed by atoms with E-state index in [4.69, 9.17) is 4.74 Å². The Labute approximate surface area is 188 Å². The fourth-order valence-electron chi connectivity index (χ4n) is 3.82. The van der Waals surface area contributed by atoms with E-state index in [1.807, 2.05) is 4.90 Å². The first kappa shape index (κ1) is 22.1. The van der Waals surface area contributed by atoms with Crippen LogP contribution < -0.4 is 14.8 Å². The molecule has 1 heterocycles. The maximum absolute atomic E-state index is 12.7. The first-order valence-corrected chi connectivity index (χ1v) is 12.2. The minimum absolute atomic E-state index is 0.00127. The summed E-state index contributed by atoms with van der Waals surface area (Å²) in [5.74, 6) is 0.622. The average Bonchev–Trinajstić information content (AvgIpc) is 3.65. The van der Waals surface area contributed by atoms with Crippen LogP contribution in [-0.2, 0) is 14.8 Å². The van der Waals surface area contributed by atoms with Crippen LogP contribution in [0.25, 0.3) is 0 Å². The Morgan fingerprint density at radius 3 is 2.25 bits per heavy atom. The quantitative estimate of drug-likeness (QED) is 0.665. The number of methoxy groups -OCH3 is 1. The monoisotopic (exact) mass is 457 g/mol. The van der Waals surface area contributed by atoms with Crippen molar-refractivity contribution in [3.05, 3.63) is 54.1 Å². The molecule has 1 aliphatic heterocycles. The van der Waals surface area contributed by atoms with E-state index in [-0.39, 0.29) is 28.7 Å². The number of nitrogens with zero attached hydrogens (tertiary/aromatic N) is 1. The Morgan fingerprint density at radius 2 is 1.62 bits per heavy atom. The van der Waals surface area contributed by atoms with Crippen molar-refractivity contribution in [1.29, 1.82) is 0 Å². The summed E-state index contributed by atoms with van der Waals surface area (Å²) >= 11 is 0. The molecule has 0 atom stereocenters. The van der Waals surface area contributed by atoms with E-state index in [2.05, 4.69) is 10.0 Å². The van der Waals surface area contributed by atoms with Gasteiger partial charge in [0.1, 0.15) is 5.75 Å². The zero-order valence-electron chi connectivity index (χ0n) is 17.9. The molecule has 0 spiro atoms. The molecule has 9 heteroatoms. The van der Waals surface area contributed by atoms with Crippen molar-refractivity contribution < 1.29 is 22.7 Å². The lowest BCUT2D eigenvalue weighted by molar-refractivity contribution is -0.133. The van der Waals surface area contributed by atoms with Crippen LogP contribution in [0.4, 0.5) is 5.69 Å². The fraction of sp³-hybridized carbons (Fsp3) is 0.391. The number of benzene rings is 2. The van der Waals surface area contributed by atoms with E-state index in [1.165, 1.54) is 31.4 Å². The van der Waals surface area contributed by atoms with E-state index in [1.54, 1.807) is 24.3 Å². The van der Waals surface area contributed by atoms with Gasteiger partial charge in [0.15, 0.2) is 0 Å². The first-order chi connectivity index (χ1) is 15.4. The molecule has 2 aromatic carbocycles. The normalized spacial score (nSPS) is 17.0. The molecule has 0 radical (unpaired) electrons. The Hall–Kier alpha value is -3.07. The third-order valence-corrected chi connectivity index (χ3v) is 7.23. The third kappa shape index (κ3) is 5.04. The molecule has 0 unspecified atom stereocenters. The molecule has 1 saturated heterocycles. The number of carbonyl (C=O) groups excluding carboxylic acids is 2. The number of hydrogen-bond acceptors (Lipinski definition) is 5. The van der Waals surface area contributed by atoms with Gasteiger partial charge >= 0.3 is 0 Å². The van der Waals surface area contributed by atoms with Crippen LogP contribution in [0.15, 0.2) is 53.4 Å². The van der Waals surface area contributed by atoms with Crippen LogP contribution in [0.1, 0.15) is 36.0 Å². The van der Waals surface area contributed by atoms with Gasteiger partial charge in [0.05, 0.1) is 17.7 Å². The number of piperidine rings is 1. The van der Waals surface area contributed by atoms with Gasteiger partial charge in [-0.15, -0.1) is 0 Å². The zero-order chi connectivity index (χ0) is 22.7. The molecular weight excluding hydrogens is 430 g/mol. The number of ether oxygens (including phenoxy) is 1. The summed E-state index contributed by atoms with van der Waals surface area (Å²) in [6.45, 7) is 1.32. The van der Waals surface area contributed by atoms with E-state index in [9.17, 15) is 18.0 Å². The second-order valence-corrected chi connectivity index (χ2v) is 9.86. The maximum atomic E-state index is 12.7. The minimum Gasteiger partial charge on any atom is -0.495 e. The van der Waals surface area contributed by atoms with Gasteiger partial charge in [0, 0.05) is 30.6 Å². The lowest BCUT2D eigenvalue weighted by Gasteiger charge is -2.32. The van der Waals surface area contributed by atoms with Crippen molar-refractivity contribution in [2.75, 3.05) is 24.9 Å². The molecule has 0 aromatic heterocycles.